The summed E-state index contributed by atoms with van der Waals surface area (Å²) in [5.41, 5.74) is 4.83. The van der Waals surface area contributed by atoms with Crippen LogP contribution in [0.2, 0.25) is 0 Å². The Bertz CT molecular complexity index is 874. The maximum Gasteiger partial charge on any atom is 0.251 e. The van der Waals surface area contributed by atoms with E-state index in [0.29, 0.717) is 13.2 Å². The molecule has 4 heteroatoms. The normalized spacial score (nSPS) is 10.4. The zero-order chi connectivity index (χ0) is 18.4. The average molecular weight is 346 g/mol. The van der Waals surface area contributed by atoms with Crippen LogP contribution in [-0.2, 0) is 13.2 Å². The molecule has 4 nitrogen and oxygen atoms in total. The molecule has 2 aromatic carbocycles. The summed E-state index contributed by atoms with van der Waals surface area (Å²) in [6.45, 7) is 4.90. The number of ether oxygens (including phenoxy) is 1. The van der Waals surface area contributed by atoms with Crippen LogP contribution in [0.15, 0.2) is 67.0 Å². The van der Waals surface area contributed by atoms with Crippen molar-refractivity contribution in [3.05, 3.63) is 94.8 Å². The third kappa shape index (κ3) is 4.70. The van der Waals surface area contributed by atoms with Gasteiger partial charge in [0.2, 0.25) is 0 Å². The van der Waals surface area contributed by atoms with Crippen LogP contribution >= 0.6 is 0 Å². The first-order chi connectivity index (χ1) is 12.6. The Kier molecular flexibility index (Phi) is 5.64. The van der Waals surface area contributed by atoms with Gasteiger partial charge in [-0.1, -0.05) is 35.9 Å². The van der Waals surface area contributed by atoms with E-state index in [2.05, 4.69) is 10.3 Å². The van der Waals surface area contributed by atoms with Crippen LogP contribution < -0.4 is 10.1 Å². The van der Waals surface area contributed by atoms with E-state index < -0.39 is 0 Å². The molecule has 0 spiro atoms. The van der Waals surface area contributed by atoms with Gasteiger partial charge in [0, 0.05) is 30.1 Å². The number of carbonyl (C=O) groups excluding carboxylic acids is 1. The summed E-state index contributed by atoms with van der Waals surface area (Å²) in [5, 5.41) is 2.97. The Hall–Kier alpha value is -3.14. The number of rotatable bonds is 6. The Morgan fingerprint density at radius 2 is 1.85 bits per heavy atom. The molecule has 0 saturated carbocycles. The van der Waals surface area contributed by atoms with Gasteiger partial charge in [-0.15, -0.1) is 0 Å². The standard InChI is InChI=1S/C22H22N2O2/c1-16-5-6-17(2)21(12-16)22(25)24-14-18-7-9-20(10-8-18)26-15-19-4-3-11-23-13-19/h3-13H,14-15H2,1-2H3,(H,24,25). The van der Waals surface area contributed by atoms with Gasteiger partial charge in [-0.25, -0.2) is 0 Å². The quantitative estimate of drug-likeness (QED) is 0.727. The first-order valence-electron chi connectivity index (χ1n) is 8.58. The summed E-state index contributed by atoms with van der Waals surface area (Å²) in [5.74, 6) is 0.738. The van der Waals surface area contributed by atoms with Crippen LogP contribution in [0.4, 0.5) is 0 Å². The third-order valence-corrected chi connectivity index (χ3v) is 4.14. The van der Waals surface area contributed by atoms with Crippen LogP contribution in [0.5, 0.6) is 5.75 Å². The molecule has 26 heavy (non-hydrogen) atoms. The fourth-order valence-electron chi connectivity index (χ4n) is 2.61. The summed E-state index contributed by atoms with van der Waals surface area (Å²) in [4.78, 5) is 16.4. The monoisotopic (exact) mass is 346 g/mol. The van der Waals surface area contributed by atoms with Crippen LogP contribution in [0.3, 0.4) is 0 Å². The molecular weight excluding hydrogens is 324 g/mol. The lowest BCUT2D eigenvalue weighted by Crippen LogP contribution is -2.23. The molecule has 0 fully saturated rings. The molecule has 0 aliphatic carbocycles. The summed E-state index contributed by atoms with van der Waals surface area (Å²) >= 11 is 0. The maximum atomic E-state index is 12.4. The van der Waals surface area contributed by atoms with Crippen LogP contribution in [0, 0.1) is 13.8 Å². The highest BCUT2D eigenvalue weighted by Gasteiger charge is 2.08. The molecule has 0 unspecified atom stereocenters. The van der Waals surface area contributed by atoms with Gasteiger partial charge in [-0.2, -0.15) is 0 Å². The predicted molar refractivity (Wildman–Crippen MR) is 102 cm³/mol. The largest absolute Gasteiger partial charge is 0.489 e. The minimum atomic E-state index is -0.0527. The van der Waals surface area contributed by atoms with E-state index in [4.69, 9.17) is 4.74 Å². The minimum Gasteiger partial charge on any atom is -0.489 e. The summed E-state index contributed by atoms with van der Waals surface area (Å²) in [6.07, 6.45) is 3.53. The lowest BCUT2D eigenvalue weighted by atomic mass is 10.0. The van der Waals surface area contributed by atoms with E-state index in [0.717, 1.165) is 33.6 Å². The highest BCUT2D eigenvalue weighted by molar-refractivity contribution is 5.95. The zero-order valence-corrected chi connectivity index (χ0v) is 15.0. The zero-order valence-electron chi connectivity index (χ0n) is 15.0. The molecule has 0 bridgehead atoms. The van der Waals surface area contributed by atoms with E-state index in [-0.39, 0.29) is 5.91 Å². The van der Waals surface area contributed by atoms with E-state index in [1.54, 1.807) is 12.4 Å². The number of aryl methyl sites for hydroxylation is 2. The Balaban J connectivity index is 1.54. The highest BCUT2D eigenvalue weighted by atomic mass is 16.5. The molecule has 0 aliphatic rings. The van der Waals surface area contributed by atoms with E-state index >= 15 is 0 Å². The molecule has 0 atom stereocenters. The van der Waals surface area contributed by atoms with E-state index in [9.17, 15) is 4.79 Å². The number of hydrogen-bond donors (Lipinski definition) is 1. The number of aromatic nitrogens is 1. The molecule has 0 saturated heterocycles. The molecule has 0 aliphatic heterocycles. The van der Waals surface area contributed by atoms with Crippen molar-refractivity contribution in [1.82, 2.24) is 10.3 Å². The lowest BCUT2D eigenvalue weighted by Gasteiger charge is -2.10. The number of hydrogen-bond acceptors (Lipinski definition) is 3. The number of pyridine rings is 1. The molecule has 3 rings (SSSR count). The number of amides is 1. The molecule has 3 aromatic rings. The van der Waals surface area contributed by atoms with Gasteiger partial charge in [0.15, 0.2) is 0 Å². The number of nitrogens with one attached hydrogen (secondary N) is 1. The molecule has 1 aromatic heterocycles. The minimum absolute atomic E-state index is 0.0527. The van der Waals surface area contributed by atoms with Crippen molar-refractivity contribution in [1.29, 1.82) is 0 Å². The van der Waals surface area contributed by atoms with Crippen LogP contribution in [-0.4, -0.2) is 10.9 Å². The molecular formula is C22H22N2O2. The van der Waals surface area contributed by atoms with Crippen LogP contribution in [0.1, 0.15) is 32.6 Å². The van der Waals surface area contributed by atoms with Gasteiger partial charge in [0.25, 0.3) is 5.91 Å². The number of nitrogens with zero attached hydrogens (tertiary/aromatic N) is 1. The SMILES string of the molecule is Cc1ccc(C)c(C(=O)NCc2ccc(OCc3cccnc3)cc2)c1. The van der Waals surface area contributed by atoms with E-state index in [1.807, 2.05) is 68.4 Å². The van der Waals surface area contributed by atoms with Gasteiger partial charge in [0.05, 0.1) is 0 Å². The van der Waals surface area contributed by atoms with Crippen molar-refractivity contribution < 1.29 is 9.53 Å². The Morgan fingerprint density at radius 1 is 1.04 bits per heavy atom. The predicted octanol–water partition coefficient (Wildman–Crippen LogP) is 4.21. The summed E-state index contributed by atoms with van der Waals surface area (Å²) in [6, 6.07) is 17.5. The fraction of sp³-hybridized carbons (Fsp3) is 0.182. The molecule has 132 valence electrons. The smallest absolute Gasteiger partial charge is 0.251 e. The lowest BCUT2D eigenvalue weighted by molar-refractivity contribution is 0.0950. The van der Waals surface area contributed by atoms with Gasteiger partial charge in [-0.05, 0) is 49.2 Å². The highest BCUT2D eigenvalue weighted by Crippen LogP contribution is 2.15. The van der Waals surface area contributed by atoms with Crippen molar-refractivity contribution in [2.24, 2.45) is 0 Å². The molecule has 0 radical (unpaired) electrons. The topological polar surface area (TPSA) is 51.2 Å². The molecule has 1 amide bonds. The fourth-order valence-corrected chi connectivity index (χ4v) is 2.61. The van der Waals surface area contributed by atoms with Gasteiger partial charge in [0.1, 0.15) is 12.4 Å². The second-order valence-corrected chi connectivity index (χ2v) is 6.29. The van der Waals surface area contributed by atoms with E-state index in [1.165, 1.54) is 0 Å². The van der Waals surface area contributed by atoms with Crippen molar-refractivity contribution in [2.75, 3.05) is 0 Å². The summed E-state index contributed by atoms with van der Waals surface area (Å²) in [7, 11) is 0. The molecule has 1 heterocycles. The van der Waals surface area contributed by atoms with Crippen molar-refractivity contribution in [2.45, 2.75) is 27.0 Å². The first-order valence-corrected chi connectivity index (χ1v) is 8.58. The van der Waals surface area contributed by atoms with Crippen molar-refractivity contribution >= 4 is 5.91 Å². The summed E-state index contributed by atoms with van der Waals surface area (Å²) < 4.78 is 5.74. The van der Waals surface area contributed by atoms with Gasteiger partial charge < -0.3 is 10.1 Å². The second kappa shape index (κ2) is 8.30. The number of carbonyl (C=O) groups is 1. The van der Waals surface area contributed by atoms with Crippen LogP contribution in [0.25, 0.3) is 0 Å². The Morgan fingerprint density at radius 3 is 2.58 bits per heavy atom. The Labute approximate surface area is 153 Å². The van der Waals surface area contributed by atoms with Gasteiger partial charge in [-0.3, -0.25) is 9.78 Å². The first kappa shape index (κ1) is 17.7. The average Bonchev–Trinajstić information content (AvgIpc) is 2.68. The third-order valence-electron chi connectivity index (χ3n) is 4.14. The number of benzene rings is 2. The van der Waals surface area contributed by atoms with Gasteiger partial charge >= 0.3 is 0 Å². The molecule has 1 N–H and O–H groups in total. The van der Waals surface area contributed by atoms with Crippen molar-refractivity contribution in [3.8, 4) is 5.75 Å². The maximum absolute atomic E-state index is 12.4. The second-order valence-electron chi connectivity index (χ2n) is 6.29. The van der Waals surface area contributed by atoms with Crippen molar-refractivity contribution in [3.63, 3.8) is 0 Å².